The number of carbonyl (C=O) groups is 3. The fraction of sp³-hybridized carbons (Fsp3) is 0.346. The van der Waals surface area contributed by atoms with E-state index < -0.39 is 29.4 Å². The van der Waals surface area contributed by atoms with Gasteiger partial charge in [-0.1, -0.05) is 61.5 Å². The third kappa shape index (κ3) is 5.25. The van der Waals surface area contributed by atoms with E-state index in [0.717, 1.165) is 22.3 Å². The van der Waals surface area contributed by atoms with E-state index in [2.05, 4.69) is 29.3 Å². The Morgan fingerprint density at radius 2 is 1.70 bits per heavy atom. The van der Waals surface area contributed by atoms with Gasteiger partial charge in [-0.15, -0.1) is 6.58 Å². The zero-order valence-electron chi connectivity index (χ0n) is 19.0. The Bertz CT molecular complexity index is 1000. The Kier molecular flexibility index (Phi) is 7.53. The molecule has 2 amide bonds. The molecule has 3 rings (SSSR count). The maximum atomic E-state index is 12.6. The van der Waals surface area contributed by atoms with Gasteiger partial charge in [0.05, 0.1) is 5.41 Å². The maximum Gasteiger partial charge on any atom is 0.407 e. The molecule has 33 heavy (non-hydrogen) atoms. The molecule has 2 unspecified atom stereocenters. The maximum absolute atomic E-state index is 12.6. The summed E-state index contributed by atoms with van der Waals surface area (Å²) in [5, 5.41) is 14.6. The van der Waals surface area contributed by atoms with Crippen LogP contribution < -0.4 is 10.6 Å². The van der Waals surface area contributed by atoms with Crippen molar-refractivity contribution >= 4 is 18.0 Å². The molecule has 2 aromatic rings. The van der Waals surface area contributed by atoms with Crippen molar-refractivity contribution in [3.05, 3.63) is 72.3 Å². The molecular weight excluding hydrogens is 420 g/mol. The van der Waals surface area contributed by atoms with Crippen molar-refractivity contribution in [3.8, 4) is 11.1 Å². The van der Waals surface area contributed by atoms with Gasteiger partial charge in [-0.2, -0.15) is 0 Å². The number of alkyl carbamates (subject to hydrolysis) is 1. The second-order valence-electron chi connectivity index (χ2n) is 8.48. The van der Waals surface area contributed by atoms with Gasteiger partial charge in [0, 0.05) is 12.5 Å². The molecule has 1 aliphatic rings. The van der Waals surface area contributed by atoms with Crippen molar-refractivity contribution in [2.75, 3.05) is 13.2 Å². The number of nitrogens with one attached hydrogen (secondary N) is 2. The van der Waals surface area contributed by atoms with E-state index in [1.165, 1.54) is 6.08 Å². The van der Waals surface area contributed by atoms with E-state index in [1.54, 1.807) is 13.8 Å². The molecule has 0 bridgehead atoms. The van der Waals surface area contributed by atoms with Gasteiger partial charge in [0.1, 0.15) is 12.6 Å². The first-order valence-corrected chi connectivity index (χ1v) is 11.0. The van der Waals surface area contributed by atoms with Crippen molar-refractivity contribution in [1.82, 2.24) is 10.6 Å². The molecule has 7 nitrogen and oxygen atoms in total. The minimum atomic E-state index is -1.09. The second kappa shape index (κ2) is 10.3. The number of carboxylic acid groups (broad SMARTS) is 1. The van der Waals surface area contributed by atoms with Gasteiger partial charge >= 0.3 is 12.1 Å². The Balaban J connectivity index is 1.62. The normalized spacial score (nSPS) is 14.8. The average Bonchev–Trinajstić information content (AvgIpc) is 3.14. The van der Waals surface area contributed by atoms with Gasteiger partial charge < -0.3 is 20.5 Å². The number of hydrogen-bond donors (Lipinski definition) is 3. The van der Waals surface area contributed by atoms with Crippen molar-refractivity contribution in [3.63, 3.8) is 0 Å². The van der Waals surface area contributed by atoms with Crippen LogP contribution in [0.4, 0.5) is 4.79 Å². The lowest BCUT2D eigenvalue weighted by molar-refractivity contribution is -0.148. The molecule has 3 N–H and O–H groups in total. The number of carbonyl (C=O) groups excluding carboxylic acids is 2. The molecule has 1 aliphatic carbocycles. The third-order valence-electron chi connectivity index (χ3n) is 6.30. The number of aliphatic carboxylic acids is 1. The van der Waals surface area contributed by atoms with Gasteiger partial charge in [-0.3, -0.25) is 9.59 Å². The molecule has 0 spiro atoms. The number of carboxylic acids is 1. The molecule has 0 aliphatic heterocycles. The van der Waals surface area contributed by atoms with Crippen LogP contribution in [0.15, 0.2) is 61.2 Å². The fourth-order valence-electron chi connectivity index (χ4n) is 3.94. The summed E-state index contributed by atoms with van der Waals surface area (Å²) in [5.74, 6) is -1.56. The van der Waals surface area contributed by atoms with Crippen LogP contribution in [0.5, 0.6) is 0 Å². The first kappa shape index (κ1) is 24.0. The summed E-state index contributed by atoms with van der Waals surface area (Å²) < 4.78 is 5.51. The smallest absolute Gasteiger partial charge is 0.407 e. The Morgan fingerprint density at radius 1 is 1.12 bits per heavy atom. The largest absolute Gasteiger partial charge is 0.481 e. The molecule has 7 heteroatoms. The monoisotopic (exact) mass is 450 g/mol. The van der Waals surface area contributed by atoms with Crippen LogP contribution in [0.1, 0.15) is 43.7 Å². The van der Waals surface area contributed by atoms with Crippen LogP contribution in [-0.2, 0) is 14.3 Å². The van der Waals surface area contributed by atoms with Gasteiger partial charge in [0.25, 0.3) is 0 Å². The number of amides is 2. The Morgan fingerprint density at radius 3 is 2.21 bits per heavy atom. The molecule has 0 saturated heterocycles. The lowest BCUT2D eigenvalue weighted by atomic mass is 9.87. The topological polar surface area (TPSA) is 105 Å². The zero-order chi connectivity index (χ0) is 24.0. The SMILES string of the molecule is C=CCC(NC(=O)OCC1c2ccccc2-c2ccccc21)C(=O)NCC(C)(CC)C(=O)O. The minimum absolute atomic E-state index is 0.0440. The summed E-state index contributed by atoms with van der Waals surface area (Å²) in [6.07, 6.45) is 1.35. The van der Waals surface area contributed by atoms with Crippen molar-refractivity contribution in [2.24, 2.45) is 5.41 Å². The van der Waals surface area contributed by atoms with Crippen molar-refractivity contribution in [1.29, 1.82) is 0 Å². The van der Waals surface area contributed by atoms with E-state index in [-0.39, 0.29) is 25.5 Å². The lowest BCUT2D eigenvalue weighted by Crippen LogP contribution is -2.50. The minimum Gasteiger partial charge on any atom is -0.481 e. The van der Waals surface area contributed by atoms with Crippen LogP contribution in [0.2, 0.25) is 0 Å². The summed E-state index contributed by atoms with van der Waals surface area (Å²) in [7, 11) is 0. The Labute approximate surface area is 193 Å². The summed E-state index contributed by atoms with van der Waals surface area (Å²) >= 11 is 0. The number of fused-ring (bicyclic) bond motifs is 3. The predicted octanol–water partition coefficient (Wildman–Crippen LogP) is 4.09. The third-order valence-corrected chi connectivity index (χ3v) is 6.30. The molecule has 2 aromatic carbocycles. The summed E-state index contributed by atoms with van der Waals surface area (Å²) in [6.45, 7) is 7.04. The van der Waals surface area contributed by atoms with Gasteiger partial charge in [0.2, 0.25) is 5.91 Å². The first-order chi connectivity index (χ1) is 15.8. The highest BCUT2D eigenvalue weighted by atomic mass is 16.5. The summed E-state index contributed by atoms with van der Waals surface area (Å²) in [5.41, 5.74) is 3.36. The molecule has 0 saturated carbocycles. The van der Waals surface area contributed by atoms with E-state index in [4.69, 9.17) is 4.74 Å². The molecule has 174 valence electrons. The summed E-state index contributed by atoms with van der Waals surface area (Å²) in [6, 6.07) is 15.2. The standard InChI is InChI=1S/C26H30N2O5/c1-4-10-22(23(29)27-16-26(3,5-2)24(30)31)28-25(32)33-15-21-19-13-8-6-11-17(19)18-12-7-9-14-20(18)21/h4,6-9,11-14,21-22H,1,5,10,15-16H2,2-3H3,(H,27,29)(H,28,32)(H,30,31). The highest BCUT2D eigenvalue weighted by Crippen LogP contribution is 2.44. The van der Waals surface area contributed by atoms with E-state index >= 15 is 0 Å². The van der Waals surface area contributed by atoms with E-state index in [0.29, 0.717) is 6.42 Å². The van der Waals surface area contributed by atoms with Crippen LogP contribution in [0.3, 0.4) is 0 Å². The fourth-order valence-corrected chi connectivity index (χ4v) is 3.94. The van der Waals surface area contributed by atoms with Crippen molar-refractivity contribution < 1.29 is 24.2 Å². The van der Waals surface area contributed by atoms with Gasteiger partial charge in [-0.25, -0.2) is 4.79 Å². The summed E-state index contributed by atoms with van der Waals surface area (Å²) in [4.78, 5) is 36.6. The Hall–Kier alpha value is -3.61. The average molecular weight is 451 g/mol. The van der Waals surface area contributed by atoms with Gasteiger partial charge in [-0.05, 0) is 42.0 Å². The predicted molar refractivity (Wildman–Crippen MR) is 126 cm³/mol. The van der Waals surface area contributed by atoms with Crippen LogP contribution in [0.25, 0.3) is 11.1 Å². The molecule has 0 radical (unpaired) electrons. The van der Waals surface area contributed by atoms with Gasteiger partial charge in [0.15, 0.2) is 0 Å². The molecule has 0 heterocycles. The molecule has 2 atom stereocenters. The van der Waals surface area contributed by atoms with Crippen LogP contribution in [0, 0.1) is 5.41 Å². The van der Waals surface area contributed by atoms with Crippen LogP contribution in [-0.4, -0.2) is 42.3 Å². The second-order valence-corrected chi connectivity index (χ2v) is 8.48. The van der Waals surface area contributed by atoms with Crippen molar-refractivity contribution in [2.45, 2.75) is 38.6 Å². The lowest BCUT2D eigenvalue weighted by Gasteiger charge is -2.25. The number of ether oxygens (including phenoxy) is 1. The van der Waals surface area contributed by atoms with E-state index in [9.17, 15) is 19.5 Å². The zero-order valence-corrected chi connectivity index (χ0v) is 19.0. The first-order valence-electron chi connectivity index (χ1n) is 11.0. The molecule has 0 aromatic heterocycles. The number of rotatable bonds is 10. The molecular formula is C26H30N2O5. The van der Waals surface area contributed by atoms with Crippen LogP contribution >= 0.6 is 0 Å². The highest BCUT2D eigenvalue weighted by Gasteiger charge is 2.33. The quantitative estimate of drug-likeness (QED) is 0.473. The number of benzene rings is 2. The highest BCUT2D eigenvalue weighted by molar-refractivity contribution is 5.86. The number of hydrogen-bond acceptors (Lipinski definition) is 4. The molecule has 0 fully saturated rings. The van der Waals surface area contributed by atoms with E-state index in [1.807, 2.05) is 36.4 Å².